The maximum atomic E-state index is 8.49. The average Bonchev–Trinajstić information content (AvgIpc) is 2.89. The summed E-state index contributed by atoms with van der Waals surface area (Å²) in [6, 6.07) is 12.1. The van der Waals surface area contributed by atoms with Crippen LogP contribution in [0, 0.1) is 20.5 Å². The Morgan fingerprint density at radius 2 is 1.21 bits per heavy atom. The van der Waals surface area contributed by atoms with Crippen molar-refractivity contribution in [2.75, 3.05) is 52.5 Å². The Morgan fingerprint density at radius 3 is 1.67 bits per heavy atom. The van der Waals surface area contributed by atoms with Gasteiger partial charge < -0.3 is 20.9 Å². The molecule has 19 heteroatoms. The van der Waals surface area contributed by atoms with Crippen LogP contribution < -0.4 is 48.7 Å². The molecule has 0 aliphatic heterocycles. The molecule has 0 fully saturated rings. The summed E-state index contributed by atoms with van der Waals surface area (Å²) in [6.07, 6.45) is 1.33. The first kappa shape index (κ1) is 41.3. The Labute approximate surface area is 263 Å². The minimum absolute atomic E-state index is 0. The van der Waals surface area contributed by atoms with E-state index in [-0.39, 0.29) is 17.1 Å². The van der Waals surface area contributed by atoms with E-state index in [1.165, 1.54) is 0 Å². The standard InChI is InChI=1S/C24H34N6O2.2ClHO4.Cu/c1-3-31-24(32-4-2)21-10-8-19-6-5-18-7-9-20(28-22(18)23(19)29-21)17-27-13-16-30(14-11-25)15-12-26;2*2-1(3,4)5;/h5-10,17,24H,3-4,11-16,25-26H2,1-2H3;2*(H,2,3,4,5);/q;;;+2/p-2. The van der Waals surface area contributed by atoms with Crippen LogP contribution in [0.15, 0.2) is 41.4 Å². The molecular weight excluding hydrogens is 667 g/mol. The van der Waals surface area contributed by atoms with Gasteiger partial charge in [-0.25, -0.2) is 47.2 Å². The molecule has 16 nitrogen and oxygen atoms in total. The summed E-state index contributed by atoms with van der Waals surface area (Å²) >= 11 is 0. The number of hydrogen-bond acceptors (Lipinski definition) is 16. The average molecular weight is 701 g/mol. The maximum absolute atomic E-state index is 8.49. The topological polar surface area (TPSA) is 296 Å². The molecule has 1 aromatic carbocycles. The van der Waals surface area contributed by atoms with Crippen molar-refractivity contribution >= 4 is 28.0 Å². The van der Waals surface area contributed by atoms with Gasteiger partial charge in [0.25, 0.3) is 0 Å². The van der Waals surface area contributed by atoms with Gasteiger partial charge in [-0.05, 0) is 26.0 Å². The Kier molecular flexibility index (Phi) is 20.3. The van der Waals surface area contributed by atoms with Crippen LogP contribution in [0.5, 0.6) is 0 Å². The molecule has 0 aliphatic rings. The fourth-order valence-corrected chi connectivity index (χ4v) is 3.58. The van der Waals surface area contributed by atoms with Gasteiger partial charge in [-0.1, -0.05) is 24.3 Å². The third-order valence-corrected chi connectivity index (χ3v) is 5.10. The molecule has 0 aliphatic carbocycles. The van der Waals surface area contributed by atoms with E-state index in [2.05, 4.69) is 28.1 Å². The molecule has 2 aromatic heterocycles. The number of ether oxygens (including phenoxy) is 2. The molecule has 0 saturated carbocycles. The van der Waals surface area contributed by atoms with Crippen molar-refractivity contribution in [1.82, 2.24) is 14.9 Å². The second-order valence-corrected chi connectivity index (χ2v) is 9.65. The Hall–Kier alpha value is -1.71. The molecule has 3 aromatic rings. The predicted molar refractivity (Wildman–Crippen MR) is 130 cm³/mol. The molecular formula is C24H34Cl2CuN6O10. The van der Waals surface area contributed by atoms with Gasteiger partial charge in [-0.3, -0.25) is 9.89 Å². The fraction of sp³-hybridized carbons (Fsp3) is 0.458. The first-order valence-electron chi connectivity index (χ1n) is 12.5. The van der Waals surface area contributed by atoms with Gasteiger partial charge in [0, 0.05) is 62.9 Å². The number of fused-ring (bicyclic) bond motifs is 3. The van der Waals surface area contributed by atoms with Crippen molar-refractivity contribution in [2.45, 2.75) is 20.1 Å². The zero-order valence-corrected chi connectivity index (χ0v) is 25.8. The quantitative estimate of drug-likeness (QED) is 0.0724. The van der Waals surface area contributed by atoms with Crippen molar-refractivity contribution in [3.8, 4) is 0 Å². The second-order valence-electron chi connectivity index (χ2n) is 8.13. The zero-order chi connectivity index (χ0) is 31.8. The monoisotopic (exact) mass is 699 g/mol. The molecule has 0 spiro atoms. The van der Waals surface area contributed by atoms with Gasteiger partial charge in [-0.15, -0.1) is 20.5 Å². The number of aliphatic imine (C=N–C) groups is 1. The molecule has 0 saturated heterocycles. The number of halogens is 2. The molecule has 1 radical (unpaired) electrons. The van der Waals surface area contributed by atoms with Gasteiger partial charge in [0.15, 0.2) is 0 Å². The van der Waals surface area contributed by atoms with E-state index in [9.17, 15) is 0 Å². The number of pyridine rings is 2. The Morgan fingerprint density at radius 1 is 0.767 bits per heavy atom. The van der Waals surface area contributed by atoms with Crippen LogP contribution >= 0.6 is 0 Å². The van der Waals surface area contributed by atoms with Crippen LogP contribution in [0.25, 0.3) is 21.8 Å². The smallest absolute Gasteiger partial charge is 0.347 e. The van der Waals surface area contributed by atoms with E-state index in [1.54, 1.807) is 0 Å². The van der Waals surface area contributed by atoms with Crippen LogP contribution in [0.4, 0.5) is 0 Å². The molecule has 0 unspecified atom stereocenters. The van der Waals surface area contributed by atoms with Gasteiger partial charge in [0.1, 0.15) is 0 Å². The minimum Gasteiger partial charge on any atom is -0.347 e. The summed E-state index contributed by atoms with van der Waals surface area (Å²) in [5.74, 6) is 0. The van der Waals surface area contributed by atoms with Crippen LogP contribution in [0.3, 0.4) is 0 Å². The molecule has 0 amide bonds. The summed E-state index contributed by atoms with van der Waals surface area (Å²) in [5, 5.41) is 2.05. The van der Waals surface area contributed by atoms with E-state index >= 15 is 0 Å². The largest absolute Gasteiger partial charge is 2.00 e. The van der Waals surface area contributed by atoms with Crippen LogP contribution in [0.1, 0.15) is 31.5 Å². The van der Waals surface area contributed by atoms with Gasteiger partial charge in [-0.2, -0.15) is 0 Å². The van der Waals surface area contributed by atoms with Crippen molar-refractivity contribution < 1.29 is 84.3 Å². The van der Waals surface area contributed by atoms with Crippen molar-refractivity contribution in [1.29, 1.82) is 0 Å². The third-order valence-electron chi connectivity index (χ3n) is 5.10. The molecule has 0 atom stereocenters. The SMILES string of the molecule is CCOC(OCC)c1ccc2ccc3ccc(C=NCCN(CCN)CCN)nc3c2n1.[Cu+2].[O-][Cl+3]([O-])([O-])[O-].[O-][Cl+3]([O-])([O-])[O-]. The van der Waals surface area contributed by atoms with Gasteiger partial charge in [0.05, 0.1) is 29.0 Å². The maximum Gasteiger partial charge on any atom is 2.00 e. The van der Waals surface area contributed by atoms with E-state index < -0.39 is 26.8 Å². The molecule has 4 N–H and O–H groups in total. The third kappa shape index (κ3) is 18.6. The number of nitrogens with two attached hydrogens (primary N) is 2. The van der Waals surface area contributed by atoms with Gasteiger partial charge >= 0.3 is 17.1 Å². The fourth-order valence-electron chi connectivity index (χ4n) is 3.58. The first-order chi connectivity index (χ1) is 19.7. The number of nitrogens with zero attached hydrogens (tertiary/aromatic N) is 4. The predicted octanol–water partition coefficient (Wildman–Crippen LogP) is -7.02. The number of hydrogen-bond donors (Lipinski definition) is 2. The Bertz CT molecular complexity index is 1200. The number of aromatic nitrogens is 2. The van der Waals surface area contributed by atoms with Crippen LogP contribution in [-0.2, 0) is 26.5 Å². The van der Waals surface area contributed by atoms with E-state index in [4.69, 9.17) is 68.2 Å². The summed E-state index contributed by atoms with van der Waals surface area (Å²) in [6.45, 7) is 9.36. The van der Waals surface area contributed by atoms with Crippen LogP contribution in [0.2, 0.25) is 0 Å². The summed E-state index contributed by atoms with van der Waals surface area (Å²) < 4.78 is 79.4. The number of benzene rings is 1. The van der Waals surface area contributed by atoms with Crippen molar-refractivity contribution in [2.24, 2.45) is 16.5 Å². The van der Waals surface area contributed by atoms with Gasteiger partial charge in [0.2, 0.25) is 6.29 Å². The van der Waals surface area contributed by atoms with E-state index in [0.717, 1.165) is 52.8 Å². The molecule has 245 valence electrons. The van der Waals surface area contributed by atoms with Crippen molar-refractivity contribution in [3.05, 3.63) is 47.8 Å². The first-order valence-corrected chi connectivity index (χ1v) is 15.0. The Balaban J connectivity index is 0.00000139. The molecule has 2 heterocycles. The summed E-state index contributed by atoms with van der Waals surface area (Å²) in [4.78, 5) is 16.5. The van der Waals surface area contributed by atoms with Crippen LogP contribution in [-0.4, -0.2) is 73.6 Å². The molecule has 0 bridgehead atoms. The van der Waals surface area contributed by atoms with Crippen molar-refractivity contribution in [3.63, 3.8) is 0 Å². The normalized spacial score (nSPS) is 11.9. The summed E-state index contributed by atoms with van der Waals surface area (Å²) in [7, 11) is -9.89. The molecule has 3 rings (SSSR count). The second kappa shape index (κ2) is 21.1. The zero-order valence-electron chi connectivity index (χ0n) is 23.4. The summed E-state index contributed by atoms with van der Waals surface area (Å²) in [5.41, 5.74) is 14.5. The van der Waals surface area contributed by atoms with E-state index in [0.29, 0.717) is 32.8 Å². The minimum atomic E-state index is -4.94. The molecule has 43 heavy (non-hydrogen) atoms. The number of rotatable bonds is 13. The van der Waals surface area contributed by atoms with E-state index in [1.807, 2.05) is 38.3 Å².